The second-order valence-electron chi connectivity index (χ2n) is 3.01. The molecule has 7 heteroatoms. The van der Waals surface area contributed by atoms with Gasteiger partial charge in [0.25, 0.3) is 0 Å². The van der Waals surface area contributed by atoms with E-state index in [-0.39, 0.29) is 18.9 Å². The van der Waals surface area contributed by atoms with Crippen LogP contribution in [0, 0.1) is 0 Å². The van der Waals surface area contributed by atoms with Crippen molar-refractivity contribution in [2.75, 3.05) is 25.5 Å². The van der Waals surface area contributed by atoms with Crippen molar-refractivity contribution in [3.8, 4) is 0 Å². The molecule has 0 bridgehead atoms. The molecule has 0 fully saturated rings. The van der Waals surface area contributed by atoms with Gasteiger partial charge in [0.2, 0.25) is 10.0 Å². The van der Waals surface area contributed by atoms with Crippen LogP contribution in [0.4, 0.5) is 0 Å². The van der Waals surface area contributed by atoms with Crippen LogP contribution < -0.4 is 4.72 Å². The minimum absolute atomic E-state index is 0.0671. The van der Waals surface area contributed by atoms with Crippen LogP contribution in [-0.2, 0) is 19.6 Å². The van der Waals surface area contributed by atoms with E-state index in [1.807, 2.05) is 6.92 Å². The van der Waals surface area contributed by atoms with Crippen LogP contribution >= 0.6 is 0 Å². The van der Waals surface area contributed by atoms with Gasteiger partial charge in [-0.05, 0) is 6.42 Å². The van der Waals surface area contributed by atoms with Crippen molar-refractivity contribution in [1.82, 2.24) is 4.72 Å². The number of carboxylic acid groups (broad SMARTS) is 1. The Bertz CT molecular complexity index is 275. The van der Waals surface area contributed by atoms with Crippen molar-refractivity contribution in [2.45, 2.75) is 19.8 Å². The summed E-state index contributed by atoms with van der Waals surface area (Å²) in [5.74, 6) is -0.966. The molecule has 0 saturated heterocycles. The molecule has 0 unspecified atom stereocenters. The summed E-state index contributed by atoms with van der Waals surface area (Å²) in [5, 5.41) is 8.23. The van der Waals surface area contributed by atoms with Gasteiger partial charge in [-0.15, -0.1) is 0 Å². The van der Waals surface area contributed by atoms with Gasteiger partial charge in [0.15, 0.2) is 0 Å². The van der Waals surface area contributed by atoms with Gasteiger partial charge < -0.3 is 9.84 Å². The maximum atomic E-state index is 11.2. The summed E-state index contributed by atoms with van der Waals surface area (Å²) in [7, 11) is -3.22. The number of unbranched alkanes of at least 4 members (excludes halogenated alkanes) is 1. The van der Waals surface area contributed by atoms with Gasteiger partial charge in [-0.1, -0.05) is 13.3 Å². The van der Waals surface area contributed by atoms with E-state index in [1.54, 1.807) is 0 Å². The van der Waals surface area contributed by atoms with Crippen molar-refractivity contribution >= 4 is 16.0 Å². The van der Waals surface area contributed by atoms with Crippen LogP contribution in [0.2, 0.25) is 0 Å². The summed E-state index contributed by atoms with van der Waals surface area (Å²) in [6.45, 7) is 1.68. The summed E-state index contributed by atoms with van der Waals surface area (Å²) in [6, 6.07) is 0. The zero-order valence-corrected chi connectivity index (χ0v) is 9.55. The Hall–Kier alpha value is -0.660. The molecule has 0 aromatic heterocycles. The Balaban J connectivity index is 3.53. The van der Waals surface area contributed by atoms with Crippen LogP contribution in [0.3, 0.4) is 0 Å². The normalized spacial score (nSPS) is 11.5. The Morgan fingerprint density at radius 2 is 2.13 bits per heavy atom. The zero-order chi connectivity index (χ0) is 11.7. The number of carbonyl (C=O) groups is 1. The highest BCUT2D eigenvalue weighted by atomic mass is 32.2. The predicted molar refractivity (Wildman–Crippen MR) is 55.2 cm³/mol. The van der Waals surface area contributed by atoms with Crippen LogP contribution in [-0.4, -0.2) is 45.0 Å². The van der Waals surface area contributed by atoms with E-state index in [9.17, 15) is 13.2 Å². The van der Waals surface area contributed by atoms with Crippen LogP contribution in [0.5, 0.6) is 0 Å². The molecule has 0 atom stereocenters. The third-order valence-corrected chi connectivity index (χ3v) is 3.03. The first-order chi connectivity index (χ1) is 6.98. The Kier molecular flexibility index (Phi) is 7.27. The first kappa shape index (κ1) is 14.3. The molecule has 0 aliphatic heterocycles. The molecule has 0 aromatic rings. The lowest BCUT2D eigenvalue weighted by Gasteiger charge is -2.05. The lowest BCUT2D eigenvalue weighted by atomic mass is 10.4. The molecule has 0 heterocycles. The molecule has 15 heavy (non-hydrogen) atoms. The number of hydrogen-bond acceptors (Lipinski definition) is 4. The average Bonchev–Trinajstić information content (AvgIpc) is 2.14. The summed E-state index contributed by atoms with van der Waals surface area (Å²) in [4.78, 5) is 10.0. The third kappa shape index (κ3) is 9.64. The number of rotatable bonds is 9. The topological polar surface area (TPSA) is 92.7 Å². The Morgan fingerprint density at radius 3 is 2.67 bits per heavy atom. The number of carboxylic acids is 1. The molecule has 90 valence electrons. The molecule has 0 amide bonds. The second-order valence-corrected chi connectivity index (χ2v) is 4.94. The van der Waals surface area contributed by atoms with Crippen molar-refractivity contribution in [3.05, 3.63) is 0 Å². The first-order valence-electron chi connectivity index (χ1n) is 4.75. The molecule has 0 aliphatic rings. The SMILES string of the molecule is CCCCS(=O)(=O)NCCOCC(=O)O. The molecule has 0 aliphatic carbocycles. The lowest BCUT2D eigenvalue weighted by molar-refractivity contribution is -0.142. The fourth-order valence-corrected chi connectivity index (χ4v) is 2.04. The molecular formula is C8H17NO5S. The van der Waals surface area contributed by atoms with E-state index >= 15 is 0 Å². The smallest absolute Gasteiger partial charge is 0.329 e. The zero-order valence-electron chi connectivity index (χ0n) is 8.73. The second kappa shape index (κ2) is 7.61. The number of hydrogen-bond donors (Lipinski definition) is 2. The van der Waals surface area contributed by atoms with Crippen molar-refractivity contribution < 1.29 is 23.1 Å². The summed E-state index contributed by atoms with van der Waals surface area (Å²) in [6.07, 6.45) is 1.43. The molecule has 0 spiro atoms. The van der Waals surface area contributed by atoms with Crippen molar-refractivity contribution in [2.24, 2.45) is 0 Å². The number of ether oxygens (including phenoxy) is 1. The third-order valence-electron chi connectivity index (χ3n) is 1.56. The van der Waals surface area contributed by atoms with Gasteiger partial charge in [0.1, 0.15) is 6.61 Å². The van der Waals surface area contributed by atoms with Crippen LogP contribution in [0.15, 0.2) is 0 Å². The molecule has 0 radical (unpaired) electrons. The van der Waals surface area contributed by atoms with E-state index < -0.39 is 22.6 Å². The van der Waals surface area contributed by atoms with E-state index in [0.717, 1.165) is 6.42 Å². The van der Waals surface area contributed by atoms with Gasteiger partial charge in [0.05, 0.1) is 12.4 Å². The fourth-order valence-electron chi connectivity index (χ4n) is 0.835. The molecule has 0 rings (SSSR count). The molecule has 0 aromatic carbocycles. The van der Waals surface area contributed by atoms with Crippen molar-refractivity contribution in [1.29, 1.82) is 0 Å². The Labute approximate surface area is 89.7 Å². The van der Waals surface area contributed by atoms with Gasteiger partial charge in [-0.3, -0.25) is 0 Å². The monoisotopic (exact) mass is 239 g/mol. The highest BCUT2D eigenvalue weighted by Crippen LogP contribution is 1.92. The van der Waals surface area contributed by atoms with Gasteiger partial charge in [-0.25, -0.2) is 17.9 Å². The average molecular weight is 239 g/mol. The van der Waals surface area contributed by atoms with Crippen molar-refractivity contribution in [3.63, 3.8) is 0 Å². The first-order valence-corrected chi connectivity index (χ1v) is 6.40. The summed E-state index contributed by atoms with van der Waals surface area (Å²) >= 11 is 0. The maximum absolute atomic E-state index is 11.2. The van der Waals surface area contributed by atoms with Gasteiger partial charge in [-0.2, -0.15) is 0 Å². The van der Waals surface area contributed by atoms with Gasteiger partial charge in [0, 0.05) is 6.54 Å². The van der Waals surface area contributed by atoms with Gasteiger partial charge >= 0.3 is 5.97 Å². The maximum Gasteiger partial charge on any atom is 0.329 e. The highest BCUT2D eigenvalue weighted by Gasteiger charge is 2.07. The summed E-state index contributed by atoms with van der Waals surface area (Å²) in [5.41, 5.74) is 0. The number of aliphatic carboxylic acids is 1. The standard InChI is InChI=1S/C8H17NO5S/c1-2-3-6-15(12,13)9-4-5-14-7-8(10)11/h9H,2-7H2,1H3,(H,10,11). The fraction of sp³-hybridized carbons (Fsp3) is 0.875. The predicted octanol–water partition coefficient (Wildman–Crippen LogP) is -0.193. The molecule has 2 N–H and O–H groups in total. The van der Waals surface area contributed by atoms with Crippen LogP contribution in [0.25, 0.3) is 0 Å². The summed E-state index contributed by atoms with van der Waals surface area (Å²) < 4.78 is 29.4. The molecule has 6 nitrogen and oxygen atoms in total. The minimum atomic E-state index is -3.22. The van der Waals surface area contributed by atoms with E-state index in [0.29, 0.717) is 6.42 Å². The van der Waals surface area contributed by atoms with E-state index in [1.165, 1.54) is 0 Å². The molecular weight excluding hydrogens is 222 g/mol. The highest BCUT2D eigenvalue weighted by molar-refractivity contribution is 7.89. The number of nitrogens with one attached hydrogen (secondary N) is 1. The molecule has 0 saturated carbocycles. The lowest BCUT2D eigenvalue weighted by Crippen LogP contribution is -2.30. The number of sulfonamides is 1. The van der Waals surface area contributed by atoms with Crippen LogP contribution in [0.1, 0.15) is 19.8 Å². The quantitative estimate of drug-likeness (QED) is 0.544. The van der Waals surface area contributed by atoms with E-state index in [2.05, 4.69) is 9.46 Å². The largest absolute Gasteiger partial charge is 0.480 e. The minimum Gasteiger partial charge on any atom is -0.480 e. The Morgan fingerprint density at radius 1 is 1.47 bits per heavy atom. The van der Waals surface area contributed by atoms with E-state index in [4.69, 9.17) is 5.11 Å².